The molecule has 2 N–H and O–H groups in total. The Hall–Kier alpha value is -1.87. The number of anilines is 1. The van der Waals surface area contributed by atoms with Crippen molar-refractivity contribution in [3.05, 3.63) is 30.1 Å². The fraction of sp³-hybridized carbons (Fsp3) is 0.385. The second-order valence-corrected chi connectivity index (χ2v) is 6.53. The molecule has 0 bridgehead atoms. The van der Waals surface area contributed by atoms with Crippen LogP contribution in [0.3, 0.4) is 0 Å². The summed E-state index contributed by atoms with van der Waals surface area (Å²) in [4.78, 5) is 7.66. The summed E-state index contributed by atoms with van der Waals surface area (Å²) in [7, 11) is -3.22. The summed E-state index contributed by atoms with van der Waals surface area (Å²) in [6, 6.07) is 6.86. The van der Waals surface area contributed by atoms with Gasteiger partial charge in [-0.2, -0.15) is 0 Å². The minimum absolute atomic E-state index is 0.260. The molecule has 0 radical (unpaired) electrons. The zero-order valence-corrected chi connectivity index (χ0v) is 12.7. The van der Waals surface area contributed by atoms with Crippen molar-refractivity contribution in [1.29, 1.82) is 0 Å². The number of benzene rings is 1. The summed E-state index contributed by atoms with van der Waals surface area (Å²) < 4.78 is 49.8. The Morgan fingerprint density at radius 3 is 2.59 bits per heavy atom. The Morgan fingerprint density at radius 1 is 1.18 bits per heavy atom. The van der Waals surface area contributed by atoms with Gasteiger partial charge in [0.2, 0.25) is 10.0 Å². The molecule has 0 aliphatic heterocycles. The average molecular weight is 330 g/mol. The van der Waals surface area contributed by atoms with E-state index in [9.17, 15) is 17.2 Å². The Kier molecular flexibility index (Phi) is 5.19. The molecule has 0 saturated carbocycles. The van der Waals surface area contributed by atoms with E-state index >= 15 is 0 Å². The van der Waals surface area contributed by atoms with Crippen LogP contribution in [0, 0.1) is 0 Å². The van der Waals surface area contributed by atoms with Crippen LogP contribution < -0.4 is 10.0 Å². The number of nitrogens with zero attached hydrogens (tertiary/aromatic N) is 2. The van der Waals surface area contributed by atoms with Crippen LogP contribution in [0.25, 0.3) is 10.9 Å². The molecule has 6 nitrogen and oxygen atoms in total. The maximum absolute atomic E-state index is 12.8. The molecule has 0 aliphatic carbocycles. The smallest absolute Gasteiger partial charge is 0.297 e. The van der Waals surface area contributed by atoms with Crippen molar-refractivity contribution in [1.82, 2.24) is 14.7 Å². The van der Waals surface area contributed by atoms with Gasteiger partial charge in [0.1, 0.15) is 5.82 Å². The number of fused-ring (bicyclic) bond motifs is 1. The van der Waals surface area contributed by atoms with Gasteiger partial charge in [-0.3, -0.25) is 0 Å². The van der Waals surface area contributed by atoms with E-state index < -0.39 is 22.3 Å². The molecule has 0 spiro atoms. The van der Waals surface area contributed by atoms with Crippen molar-refractivity contribution in [2.75, 3.05) is 24.7 Å². The van der Waals surface area contributed by atoms with Gasteiger partial charge in [-0.15, -0.1) is 0 Å². The van der Waals surface area contributed by atoms with Crippen LogP contribution in [0.15, 0.2) is 24.3 Å². The normalized spacial score (nSPS) is 12.0. The number of hydrogen-bond acceptors (Lipinski definition) is 5. The Morgan fingerprint density at radius 2 is 1.91 bits per heavy atom. The number of sulfonamides is 1. The highest BCUT2D eigenvalue weighted by atomic mass is 32.2. The third-order valence-corrected chi connectivity index (χ3v) is 3.55. The zero-order valence-electron chi connectivity index (χ0n) is 11.9. The van der Waals surface area contributed by atoms with Gasteiger partial charge in [0.25, 0.3) is 6.43 Å². The van der Waals surface area contributed by atoms with Crippen LogP contribution in [0.5, 0.6) is 0 Å². The maximum Gasteiger partial charge on any atom is 0.297 e. The number of rotatable bonds is 7. The van der Waals surface area contributed by atoms with Gasteiger partial charge in [-0.05, 0) is 18.6 Å². The van der Waals surface area contributed by atoms with Gasteiger partial charge in [-0.1, -0.05) is 12.1 Å². The van der Waals surface area contributed by atoms with Crippen molar-refractivity contribution < 1.29 is 17.2 Å². The molecule has 1 aromatic heterocycles. The standard InChI is InChI=1S/C13H16F2N4O2S/c1-22(20,21)17-8-4-7-16-12-9-5-2-3-6-10(9)18-13(19-12)11(14)15/h2-3,5-6,11,17H,4,7-8H2,1H3,(H,16,18,19). The lowest BCUT2D eigenvalue weighted by Crippen LogP contribution is -2.24. The van der Waals surface area contributed by atoms with Crippen LogP contribution in [-0.2, 0) is 10.0 Å². The first-order valence-electron chi connectivity index (χ1n) is 6.60. The van der Waals surface area contributed by atoms with Crippen LogP contribution in [0.1, 0.15) is 18.7 Å². The van der Waals surface area contributed by atoms with Crippen molar-refractivity contribution in [2.45, 2.75) is 12.8 Å². The van der Waals surface area contributed by atoms with E-state index in [1.807, 2.05) is 0 Å². The van der Waals surface area contributed by atoms with Crippen LogP contribution in [0.4, 0.5) is 14.6 Å². The maximum atomic E-state index is 12.8. The lowest BCUT2D eigenvalue weighted by atomic mass is 10.2. The highest BCUT2D eigenvalue weighted by Crippen LogP contribution is 2.24. The van der Waals surface area contributed by atoms with E-state index in [-0.39, 0.29) is 6.54 Å². The monoisotopic (exact) mass is 330 g/mol. The van der Waals surface area contributed by atoms with Crippen molar-refractivity contribution in [2.24, 2.45) is 0 Å². The first-order valence-corrected chi connectivity index (χ1v) is 8.49. The molecule has 0 atom stereocenters. The molecule has 0 saturated heterocycles. The molecule has 0 fully saturated rings. The lowest BCUT2D eigenvalue weighted by Gasteiger charge is -2.10. The SMILES string of the molecule is CS(=O)(=O)NCCCNc1nc(C(F)F)nc2ccccc12. The first kappa shape index (κ1) is 16.5. The molecule has 0 aliphatic rings. The Balaban J connectivity index is 2.09. The number of hydrogen-bond donors (Lipinski definition) is 2. The third-order valence-electron chi connectivity index (χ3n) is 2.83. The fourth-order valence-corrected chi connectivity index (χ4v) is 2.39. The Labute approximate surface area is 127 Å². The highest BCUT2D eigenvalue weighted by Gasteiger charge is 2.14. The van der Waals surface area contributed by atoms with Gasteiger partial charge in [0.05, 0.1) is 11.8 Å². The number of aromatic nitrogens is 2. The van der Waals surface area contributed by atoms with Crippen molar-refractivity contribution >= 4 is 26.7 Å². The minimum atomic E-state index is -3.22. The molecule has 1 heterocycles. The predicted molar refractivity (Wildman–Crippen MR) is 80.4 cm³/mol. The van der Waals surface area contributed by atoms with Gasteiger partial charge in [-0.25, -0.2) is 31.9 Å². The second-order valence-electron chi connectivity index (χ2n) is 4.70. The fourth-order valence-electron chi connectivity index (χ4n) is 1.88. The first-order chi connectivity index (χ1) is 10.4. The summed E-state index contributed by atoms with van der Waals surface area (Å²) in [6.07, 6.45) is -1.18. The number of halogens is 2. The molecule has 0 unspecified atom stereocenters. The largest absolute Gasteiger partial charge is 0.369 e. The number of alkyl halides is 2. The summed E-state index contributed by atoms with van der Waals surface area (Å²) in [5.74, 6) is -0.212. The second kappa shape index (κ2) is 6.93. The molecule has 1 aromatic carbocycles. The number of para-hydroxylation sites is 1. The van der Waals surface area contributed by atoms with E-state index in [2.05, 4.69) is 20.0 Å². The zero-order chi connectivity index (χ0) is 16.2. The van der Waals surface area contributed by atoms with Gasteiger partial charge < -0.3 is 5.32 Å². The van der Waals surface area contributed by atoms with Crippen molar-refractivity contribution in [3.8, 4) is 0 Å². The third kappa shape index (κ3) is 4.57. The van der Waals surface area contributed by atoms with Crippen molar-refractivity contribution in [3.63, 3.8) is 0 Å². The topological polar surface area (TPSA) is 84.0 Å². The molecule has 2 rings (SSSR count). The summed E-state index contributed by atoms with van der Waals surface area (Å²) in [6.45, 7) is 0.656. The van der Waals surface area contributed by atoms with E-state index in [4.69, 9.17) is 0 Å². The van der Waals surface area contributed by atoms with Gasteiger partial charge in [0, 0.05) is 18.5 Å². The molecule has 0 amide bonds. The molecule has 2 aromatic rings. The molecular formula is C13H16F2N4O2S. The molecule has 9 heteroatoms. The molecule has 120 valence electrons. The van der Waals surface area contributed by atoms with Crippen LogP contribution in [-0.4, -0.2) is 37.7 Å². The highest BCUT2D eigenvalue weighted by molar-refractivity contribution is 7.88. The lowest BCUT2D eigenvalue weighted by molar-refractivity contribution is 0.141. The van der Waals surface area contributed by atoms with Crippen LogP contribution in [0.2, 0.25) is 0 Å². The predicted octanol–water partition coefficient (Wildman–Crippen LogP) is 1.92. The van der Waals surface area contributed by atoms with E-state index in [0.29, 0.717) is 29.7 Å². The van der Waals surface area contributed by atoms with Gasteiger partial charge >= 0.3 is 0 Å². The average Bonchev–Trinajstić information content (AvgIpc) is 2.45. The number of nitrogens with one attached hydrogen (secondary N) is 2. The van der Waals surface area contributed by atoms with E-state index in [0.717, 1.165) is 6.26 Å². The molecular weight excluding hydrogens is 314 g/mol. The van der Waals surface area contributed by atoms with Crippen LogP contribution >= 0.6 is 0 Å². The quantitative estimate of drug-likeness (QED) is 0.758. The van der Waals surface area contributed by atoms with E-state index in [1.165, 1.54) is 0 Å². The Bertz CT molecular complexity index is 753. The van der Waals surface area contributed by atoms with Gasteiger partial charge in [0.15, 0.2) is 5.82 Å². The van der Waals surface area contributed by atoms with E-state index in [1.54, 1.807) is 24.3 Å². The summed E-state index contributed by atoms with van der Waals surface area (Å²) >= 11 is 0. The minimum Gasteiger partial charge on any atom is -0.369 e. The summed E-state index contributed by atoms with van der Waals surface area (Å²) in [5, 5.41) is 3.59. The summed E-state index contributed by atoms with van der Waals surface area (Å²) in [5.41, 5.74) is 0.435. The molecule has 22 heavy (non-hydrogen) atoms.